The van der Waals surface area contributed by atoms with Gasteiger partial charge in [-0.2, -0.15) is 0 Å². The lowest BCUT2D eigenvalue weighted by atomic mass is 10.1. The smallest absolute Gasteiger partial charge is 0.269 e. The second kappa shape index (κ2) is 9.75. The molecule has 1 fully saturated rings. The minimum Gasteiger partial charge on any atom is -0.340 e. The highest BCUT2D eigenvalue weighted by Crippen LogP contribution is 2.16. The number of piperazine rings is 1. The third-order valence-electron chi connectivity index (χ3n) is 5.75. The van der Waals surface area contributed by atoms with Crippen molar-refractivity contribution >= 4 is 23.6 Å². The van der Waals surface area contributed by atoms with Crippen molar-refractivity contribution in [2.45, 2.75) is 12.8 Å². The number of anilines is 1. The van der Waals surface area contributed by atoms with E-state index in [9.17, 15) is 14.9 Å². The molecule has 0 radical (unpaired) electrons. The van der Waals surface area contributed by atoms with E-state index >= 15 is 0 Å². The van der Waals surface area contributed by atoms with Gasteiger partial charge in [0, 0.05) is 51.9 Å². The molecule has 32 heavy (non-hydrogen) atoms. The number of nitrogens with zero attached hydrogens (tertiary/aromatic N) is 6. The van der Waals surface area contributed by atoms with E-state index in [2.05, 4.69) is 15.5 Å². The molecule has 0 unspecified atom stereocenters. The number of hydrogen-bond acceptors (Lipinski definition) is 8. The Bertz CT molecular complexity index is 970. The van der Waals surface area contributed by atoms with Gasteiger partial charge in [-0.25, -0.2) is 10.1 Å². The summed E-state index contributed by atoms with van der Waals surface area (Å²) in [6.45, 7) is 4.00. The Morgan fingerprint density at radius 3 is 2.28 bits per heavy atom. The summed E-state index contributed by atoms with van der Waals surface area (Å²) in [5, 5.41) is 18.3. The molecule has 4 rings (SSSR count). The van der Waals surface area contributed by atoms with Crippen LogP contribution in [0.5, 0.6) is 0 Å². The van der Waals surface area contributed by atoms with Crippen molar-refractivity contribution in [3.05, 3.63) is 69.8 Å². The molecule has 2 aromatic rings. The summed E-state index contributed by atoms with van der Waals surface area (Å²) in [5.41, 5.74) is 6.19. The van der Waals surface area contributed by atoms with Crippen LogP contribution in [0.25, 0.3) is 0 Å². The first kappa shape index (κ1) is 21.7. The van der Waals surface area contributed by atoms with Gasteiger partial charge < -0.3 is 4.90 Å². The lowest BCUT2D eigenvalue weighted by molar-refractivity contribution is -0.384. The number of hydrogen-bond donors (Lipinski definition) is 1. The number of amides is 1. The third-order valence-corrected chi connectivity index (χ3v) is 5.75. The maximum absolute atomic E-state index is 12.7. The van der Waals surface area contributed by atoms with Crippen molar-refractivity contribution in [1.29, 1.82) is 0 Å². The summed E-state index contributed by atoms with van der Waals surface area (Å²) in [7, 11) is 1.82. The molecular formula is C22H27N7O3. The summed E-state index contributed by atoms with van der Waals surface area (Å²) in [6.07, 6.45) is 2.93. The largest absolute Gasteiger partial charge is 0.340 e. The van der Waals surface area contributed by atoms with Gasteiger partial charge >= 0.3 is 0 Å². The average molecular weight is 438 g/mol. The summed E-state index contributed by atoms with van der Waals surface area (Å²) in [5.74, 6) is 0.147. The van der Waals surface area contributed by atoms with Crippen molar-refractivity contribution < 1.29 is 9.72 Å². The molecule has 1 N–H and O–H groups in total. The summed E-state index contributed by atoms with van der Waals surface area (Å²) < 4.78 is 0. The Balaban J connectivity index is 1.20. The molecule has 0 bridgehead atoms. The van der Waals surface area contributed by atoms with Crippen LogP contribution in [0, 0.1) is 10.1 Å². The van der Waals surface area contributed by atoms with Crippen molar-refractivity contribution in [2.75, 3.05) is 44.8 Å². The normalized spacial score (nSPS) is 16.6. The molecule has 2 aliphatic heterocycles. The van der Waals surface area contributed by atoms with Crippen molar-refractivity contribution in [2.24, 2.45) is 5.10 Å². The minimum atomic E-state index is -0.382. The predicted octanol–water partition coefficient (Wildman–Crippen LogP) is 1.64. The first-order valence-electron chi connectivity index (χ1n) is 10.6. The van der Waals surface area contributed by atoms with Crippen LogP contribution in [-0.2, 0) is 17.6 Å². The molecule has 10 nitrogen and oxygen atoms in total. The molecule has 0 aromatic heterocycles. The molecule has 0 spiro atoms. The number of benzene rings is 2. The fraction of sp³-hybridized carbons (Fsp3) is 0.364. The molecule has 0 saturated carbocycles. The lowest BCUT2D eigenvalue weighted by Gasteiger charge is -2.34. The SMILES string of the molecule is CN1N=CN(c2ccc(CC(=O)N3CCN(CCc4ccc([N+](=O)[O-])cc4)CC3)cc2)N1. The van der Waals surface area contributed by atoms with E-state index in [1.54, 1.807) is 23.6 Å². The van der Waals surface area contributed by atoms with Gasteiger partial charge in [-0.1, -0.05) is 24.3 Å². The van der Waals surface area contributed by atoms with Crippen molar-refractivity contribution in [3.8, 4) is 0 Å². The first-order chi connectivity index (χ1) is 15.5. The molecule has 0 atom stereocenters. The fourth-order valence-electron chi connectivity index (χ4n) is 3.81. The zero-order valence-corrected chi connectivity index (χ0v) is 18.1. The van der Waals surface area contributed by atoms with Gasteiger partial charge in [0.15, 0.2) is 0 Å². The van der Waals surface area contributed by atoms with Crippen LogP contribution in [0.4, 0.5) is 11.4 Å². The Morgan fingerprint density at radius 2 is 1.69 bits per heavy atom. The number of hydrazone groups is 1. The van der Waals surface area contributed by atoms with Crippen LogP contribution in [0.3, 0.4) is 0 Å². The monoisotopic (exact) mass is 437 g/mol. The van der Waals surface area contributed by atoms with Crippen molar-refractivity contribution in [3.63, 3.8) is 0 Å². The molecule has 2 aliphatic rings. The Kier molecular flexibility index (Phi) is 6.62. The standard InChI is InChI=1S/C22H27N7O3/c1-25-23-17-28(24-25)20-6-4-19(5-7-20)16-22(30)27-14-12-26(13-15-27)11-10-18-2-8-21(9-3-18)29(31)32/h2-9,17,24H,10-16H2,1H3. The van der Waals surface area contributed by atoms with Crippen molar-refractivity contribution in [1.82, 2.24) is 20.5 Å². The molecule has 2 aromatic carbocycles. The molecule has 2 heterocycles. The number of carbonyl (C=O) groups is 1. The van der Waals surface area contributed by atoms with Gasteiger partial charge in [0.25, 0.3) is 5.69 Å². The zero-order valence-electron chi connectivity index (χ0n) is 18.1. The topological polar surface area (TPSA) is 97.6 Å². The van der Waals surface area contributed by atoms with Gasteiger partial charge in [-0.3, -0.25) is 19.8 Å². The van der Waals surface area contributed by atoms with E-state index in [1.807, 2.05) is 53.4 Å². The number of carbonyl (C=O) groups excluding carboxylic acids is 1. The van der Waals surface area contributed by atoms with Crippen LogP contribution in [0.15, 0.2) is 53.6 Å². The van der Waals surface area contributed by atoms with E-state index in [-0.39, 0.29) is 16.5 Å². The minimum absolute atomic E-state index is 0.115. The Labute approximate surface area is 186 Å². The second-order valence-corrected chi connectivity index (χ2v) is 7.96. The van der Waals surface area contributed by atoms with Gasteiger partial charge in [0.2, 0.25) is 5.91 Å². The Morgan fingerprint density at radius 1 is 1.03 bits per heavy atom. The quantitative estimate of drug-likeness (QED) is 0.519. The summed E-state index contributed by atoms with van der Waals surface area (Å²) >= 11 is 0. The number of nitrogens with one attached hydrogen (secondary N) is 1. The maximum atomic E-state index is 12.7. The van der Waals surface area contributed by atoms with Crippen LogP contribution in [0.1, 0.15) is 11.1 Å². The second-order valence-electron chi connectivity index (χ2n) is 7.96. The van der Waals surface area contributed by atoms with E-state index in [4.69, 9.17) is 0 Å². The number of nitro groups is 1. The third kappa shape index (κ3) is 5.40. The number of rotatable bonds is 7. The van der Waals surface area contributed by atoms with E-state index in [0.29, 0.717) is 6.42 Å². The zero-order chi connectivity index (χ0) is 22.5. The van der Waals surface area contributed by atoms with E-state index in [1.165, 1.54) is 0 Å². The highest BCUT2D eigenvalue weighted by atomic mass is 16.6. The number of non-ortho nitro benzene ring substituents is 1. The molecule has 1 saturated heterocycles. The molecular weight excluding hydrogens is 410 g/mol. The highest BCUT2D eigenvalue weighted by molar-refractivity contribution is 5.80. The summed E-state index contributed by atoms with van der Waals surface area (Å²) in [6, 6.07) is 14.6. The molecule has 0 aliphatic carbocycles. The van der Waals surface area contributed by atoms with Gasteiger partial charge in [-0.05, 0) is 29.7 Å². The fourth-order valence-corrected chi connectivity index (χ4v) is 3.81. The van der Waals surface area contributed by atoms with Crippen LogP contribution in [-0.4, -0.2) is 71.9 Å². The maximum Gasteiger partial charge on any atom is 0.269 e. The van der Waals surface area contributed by atoms with Crippen LogP contribution < -0.4 is 10.5 Å². The van der Waals surface area contributed by atoms with E-state index < -0.39 is 0 Å². The lowest BCUT2D eigenvalue weighted by Crippen LogP contribution is -2.49. The number of hydrazine groups is 2. The number of nitro benzene ring substituents is 1. The summed E-state index contributed by atoms with van der Waals surface area (Å²) in [4.78, 5) is 27.4. The molecule has 168 valence electrons. The molecule has 10 heteroatoms. The van der Waals surface area contributed by atoms with Gasteiger partial charge in [-0.15, -0.1) is 10.6 Å². The van der Waals surface area contributed by atoms with Crippen LogP contribution in [0.2, 0.25) is 0 Å². The Hall–Kier alpha value is -3.50. The van der Waals surface area contributed by atoms with Crippen LogP contribution >= 0.6 is 0 Å². The highest BCUT2D eigenvalue weighted by Gasteiger charge is 2.21. The first-order valence-corrected chi connectivity index (χ1v) is 10.6. The van der Waals surface area contributed by atoms with Gasteiger partial charge in [0.05, 0.1) is 17.0 Å². The predicted molar refractivity (Wildman–Crippen MR) is 122 cm³/mol. The van der Waals surface area contributed by atoms with E-state index in [0.717, 1.165) is 56.0 Å². The average Bonchev–Trinajstić information content (AvgIpc) is 3.25. The molecule has 1 amide bonds. The van der Waals surface area contributed by atoms with Gasteiger partial charge in [0.1, 0.15) is 6.34 Å².